The Morgan fingerprint density at radius 1 is 1.05 bits per heavy atom. The second-order valence-electron chi connectivity index (χ2n) is 10.2. The van der Waals surface area contributed by atoms with Crippen molar-refractivity contribution in [2.75, 3.05) is 58.4 Å². The second-order valence-corrected chi connectivity index (χ2v) is 10.2. The van der Waals surface area contributed by atoms with Crippen LogP contribution in [0.5, 0.6) is 5.75 Å². The number of benzene rings is 2. The smallest absolute Gasteiger partial charge is 0.295 e. The van der Waals surface area contributed by atoms with Gasteiger partial charge in [-0.05, 0) is 54.8 Å². The average molecular weight is 506 g/mol. The third-order valence-electron chi connectivity index (χ3n) is 7.41. The third-order valence-corrected chi connectivity index (χ3v) is 7.41. The number of likely N-dealkylation sites (tertiary alicyclic amines) is 1. The second kappa shape index (κ2) is 10.6. The first-order valence-corrected chi connectivity index (χ1v) is 13.0. The molecule has 0 radical (unpaired) electrons. The van der Waals surface area contributed by atoms with Crippen LogP contribution < -0.4 is 9.64 Å². The maximum absolute atomic E-state index is 13.4. The summed E-state index contributed by atoms with van der Waals surface area (Å²) in [6.45, 7) is 6.42. The van der Waals surface area contributed by atoms with Crippen molar-refractivity contribution in [1.82, 2.24) is 9.80 Å². The van der Waals surface area contributed by atoms with Gasteiger partial charge in [-0.15, -0.1) is 0 Å². The van der Waals surface area contributed by atoms with Gasteiger partial charge in [0.2, 0.25) is 0 Å². The van der Waals surface area contributed by atoms with E-state index in [0.717, 1.165) is 55.0 Å². The molecule has 196 valence electrons. The normalized spacial score (nSPS) is 23.3. The predicted molar refractivity (Wildman–Crippen MR) is 142 cm³/mol. The first-order valence-electron chi connectivity index (χ1n) is 13.0. The highest BCUT2D eigenvalue weighted by molar-refractivity contribution is 6.46. The number of amides is 1. The molecule has 0 aliphatic carbocycles. The number of carbonyl (C=O) groups excluding carboxylic acids is 2. The van der Waals surface area contributed by atoms with Crippen LogP contribution in [0.2, 0.25) is 0 Å². The fourth-order valence-electron chi connectivity index (χ4n) is 5.43. The molecule has 2 atom stereocenters. The van der Waals surface area contributed by atoms with E-state index in [0.29, 0.717) is 25.3 Å². The number of aliphatic hydroxyl groups is 1. The van der Waals surface area contributed by atoms with Gasteiger partial charge in [0.15, 0.2) is 0 Å². The van der Waals surface area contributed by atoms with Crippen LogP contribution in [0.3, 0.4) is 0 Å². The number of fused-ring (bicyclic) bond motifs is 1. The van der Waals surface area contributed by atoms with Crippen LogP contribution in [-0.4, -0.2) is 86.2 Å². The number of ketones is 1. The molecule has 3 aliphatic rings. The zero-order chi connectivity index (χ0) is 26.1. The van der Waals surface area contributed by atoms with Crippen LogP contribution in [0.15, 0.2) is 48.0 Å². The van der Waals surface area contributed by atoms with Crippen molar-refractivity contribution >= 4 is 23.1 Å². The van der Waals surface area contributed by atoms with E-state index in [9.17, 15) is 14.7 Å². The SMILES string of the molecule is C[C@@H]1Cc2cc(/C(O)=C3\C(=O)C(=O)N(CCCN4CCOCC4)[C@H]3c3ccc(N(C)C)cc3)ccc2O1. The summed E-state index contributed by atoms with van der Waals surface area (Å²) < 4.78 is 11.2. The van der Waals surface area contributed by atoms with Gasteiger partial charge in [0, 0.05) is 57.9 Å². The molecule has 2 saturated heterocycles. The summed E-state index contributed by atoms with van der Waals surface area (Å²) in [5.74, 6) is -0.555. The van der Waals surface area contributed by atoms with Gasteiger partial charge in [0.1, 0.15) is 17.6 Å². The number of aliphatic hydroxyl groups excluding tert-OH is 1. The standard InChI is InChI=1S/C29H35N3O5/c1-19-17-22-18-21(7-10-24(22)37-19)27(33)25-26(20-5-8-23(9-6-20)30(2)3)32(29(35)28(25)34)12-4-11-31-13-15-36-16-14-31/h5-10,18-19,26,33H,4,11-17H2,1-3H3/b27-25+/t19-,26+/m1/s1. The Labute approximate surface area is 218 Å². The molecule has 0 saturated carbocycles. The van der Waals surface area contributed by atoms with Crippen molar-refractivity contribution in [1.29, 1.82) is 0 Å². The van der Waals surface area contributed by atoms with Crippen LogP contribution in [0.4, 0.5) is 5.69 Å². The Bertz CT molecular complexity index is 1200. The number of anilines is 1. The molecule has 1 amide bonds. The zero-order valence-electron chi connectivity index (χ0n) is 21.8. The number of Topliss-reactive ketones (excluding diaryl/α,β-unsaturated/α-hetero) is 1. The van der Waals surface area contributed by atoms with Crippen LogP contribution in [0.25, 0.3) is 5.76 Å². The molecule has 3 aliphatic heterocycles. The Kier molecular flexibility index (Phi) is 7.22. The zero-order valence-corrected chi connectivity index (χ0v) is 21.8. The van der Waals surface area contributed by atoms with Crippen LogP contribution in [0, 0.1) is 0 Å². The van der Waals surface area contributed by atoms with E-state index in [1.165, 1.54) is 0 Å². The minimum absolute atomic E-state index is 0.0691. The van der Waals surface area contributed by atoms with E-state index in [2.05, 4.69) is 4.90 Å². The predicted octanol–water partition coefficient (Wildman–Crippen LogP) is 3.22. The van der Waals surface area contributed by atoms with Gasteiger partial charge in [0.05, 0.1) is 24.8 Å². The molecule has 0 spiro atoms. The quantitative estimate of drug-likeness (QED) is 0.352. The summed E-state index contributed by atoms with van der Waals surface area (Å²) >= 11 is 0. The van der Waals surface area contributed by atoms with Crippen molar-refractivity contribution < 1.29 is 24.2 Å². The van der Waals surface area contributed by atoms with E-state index in [1.54, 1.807) is 11.0 Å². The molecule has 0 unspecified atom stereocenters. The molecule has 0 aromatic heterocycles. The summed E-state index contributed by atoms with van der Waals surface area (Å²) in [7, 11) is 3.93. The lowest BCUT2D eigenvalue weighted by Crippen LogP contribution is -2.38. The highest BCUT2D eigenvalue weighted by Crippen LogP contribution is 2.41. The number of nitrogens with zero attached hydrogens (tertiary/aromatic N) is 3. The first kappa shape index (κ1) is 25.3. The number of rotatable bonds is 7. The maximum Gasteiger partial charge on any atom is 0.295 e. The Morgan fingerprint density at radius 2 is 1.78 bits per heavy atom. The summed E-state index contributed by atoms with van der Waals surface area (Å²) in [5, 5.41) is 11.4. The van der Waals surface area contributed by atoms with Crippen molar-refractivity contribution in [3.05, 3.63) is 64.7 Å². The Hall–Kier alpha value is -3.36. The molecule has 3 heterocycles. The molecule has 0 bridgehead atoms. The molecule has 5 rings (SSSR count). The fourth-order valence-corrected chi connectivity index (χ4v) is 5.43. The van der Waals surface area contributed by atoms with E-state index in [1.807, 2.05) is 62.3 Å². The number of carbonyl (C=O) groups is 2. The summed E-state index contributed by atoms with van der Waals surface area (Å²) in [6.07, 6.45) is 1.54. The van der Waals surface area contributed by atoms with Gasteiger partial charge < -0.3 is 24.4 Å². The minimum atomic E-state index is -0.649. The number of morpholine rings is 1. The van der Waals surface area contributed by atoms with E-state index >= 15 is 0 Å². The number of hydrogen-bond donors (Lipinski definition) is 1. The molecule has 37 heavy (non-hydrogen) atoms. The average Bonchev–Trinajstić information content (AvgIpc) is 3.40. The van der Waals surface area contributed by atoms with Gasteiger partial charge in [-0.3, -0.25) is 14.5 Å². The molecule has 8 heteroatoms. The van der Waals surface area contributed by atoms with Crippen molar-refractivity contribution in [2.45, 2.75) is 31.9 Å². The summed E-state index contributed by atoms with van der Waals surface area (Å²) in [4.78, 5) is 32.6. The molecular weight excluding hydrogens is 470 g/mol. The summed E-state index contributed by atoms with van der Waals surface area (Å²) in [6, 6.07) is 12.6. The van der Waals surface area contributed by atoms with E-state index in [4.69, 9.17) is 9.47 Å². The van der Waals surface area contributed by atoms with Crippen LogP contribution >= 0.6 is 0 Å². The van der Waals surface area contributed by atoms with E-state index < -0.39 is 17.7 Å². The molecule has 2 aromatic carbocycles. The maximum atomic E-state index is 13.4. The molecule has 2 fully saturated rings. The monoisotopic (exact) mass is 505 g/mol. The molecule has 1 N–H and O–H groups in total. The number of ether oxygens (including phenoxy) is 2. The summed E-state index contributed by atoms with van der Waals surface area (Å²) in [5.41, 5.74) is 3.47. The van der Waals surface area contributed by atoms with Gasteiger partial charge in [0.25, 0.3) is 11.7 Å². The lowest BCUT2D eigenvalue weighted by atomic mass is 9.94. The Morgan fingerprint density at radius 3 is 2.49 bits per heavy atom. The fraction of sp³-hybridized carbons (Fsp3) is 0.448. The van der Waals surface area contributed by atoms with Crippen molar-refractivity contribution in [2.24, 2.45) is 0 Å². The topological polar surface area (TPSA) is 82.5 Å². The first-order chi connectivity index (χ1) is 17.8. The van der Waals surface area contributed by atoms with Gasteiger partial charge in [-0.2, -0.15) is 0 Å². The highest BCUT2D eigenvalue weighted by Gasteiger charge is 2.46. The molecular formula is C29H35N3O5. The van der Waals surface area contributed by atoms with E-state index in [-0.39, 0.29) is 17.4 Å². The molecule has 2 aromatic rings. The van der Waals surface area contributed by atoms with Crippen molar-refractivity contribution in [3.8, 4) is 5.75 Å². The largest absolute Gasteiger partial charge is 0.507 e. The van der Waals surface area contributed by atoms with Gasteiger partial charge in [-0.1, -0.05) is 12.1 Å². The molecule has 8 nitrogen and oxygen atoms in total. The number of hydrogen-bond acceptors (Lipinski definition) is 7. The lowest BCUT2D eigenvalue weighted by molar-refractivity contribution is -0.140. The van der Waals surface area contributed by atoms with Crippen LogP contribution in [-0.2, 0) is 20.7 Å². The van der Waals surface area contributed by atoms with Gasteiger partial charge in [-0.25, -0.2) is 0 Å². The third kappa shape index (κ3) is 5.08. The highest BCUT2D eigenvalue weighted by atomic mass is 16.5. The van der Waals surface area contributed by atoms with Crippen molar-refractivity contribution in [3.63, 3.8) is 0 Å². The van der Waals surface area contributed by atoms with Gasteiger partial charge >= 0.3 is 0 Å². The minimum Gasteiger partial charge on any atom is -0.507 e. The lowest BCUT2D eigenvalue weighted by Gasteiger charge is -2.29. The van der Waals surface area contributed by atoms with Crippen LogP contribution in [0.1, 0.15) is 36.1 Å². The Balaban J connectivity index is 1.49.